The summed E-state index contributed by atoms with van der Waals surface area (Å²) in [7, 11) is 4.02. The summed E-state index contributed by atoms with van der Waals surface area (Å²) in [5.74, 6) is -3.75. The van der Waals surface area contributed by atoms with Gasteiger partial charge in [-0.2, -0.15) is 15.3 Å². The van der Waals surface area contributed by atoms with Crippen LogP contribution in [-0.2, 0) is 13.1 Å². The Hall–Kier alpha value is -6.53. The normalized spacial score (nSPS) is 17.9. The molecule has 6 aromatic rings. The van der Waals surface area contributed by atoms with Crippen LogP contribution in [0.2, 0.25) is 0 Å². The molecule has 0 aromatic carbocycles. The summed E-state index contributed by atoms with van der Waals surface area (Å²) in [6.07, 6.45) is 7.58. The standard InChI is InChI=1S/C18H25F2N5.C16H17F2N5.C16H21F2N5/c1-13-6-9-25(23-13)17-11-14(12-24(2)3)10-16(22-17)21-15-4-7-18(19,20)8-5-15;1-11-5-8-23(22-11)15-10-13(19-2)9-14(21-15)20-12-3-6-16(17,18)7-4-12;1-11-4-7-23(22-11)15-9-12(10-19)8-14(21-15)20-13-2-5-16(17,18)6-3-13/h6,9-11,15H,4-5,7-8,12H2,1-3H3,(H,21,22);5,8-10,12H,3-4,6-7H2,1H3,(H,20,21);4,7-9,13H,2-3,5-6,10,19H2,1H3,(H,20,21). The Morgan fingerprint density at radius 3 is 1.23 bits per heavy atom. The molecule has 6 heterocycles. The van der Waals surface area contributed by atoms with Crippen molar-refractivity contribution in [2.45, 2.75) is 147 Å². The van der Waals surface area contributed by atoms with Crippen molar-refractivity contribution in [1.82, 2.24) is 49.2 Å². The van der Waals surface area contributed by atoms with Gasteiger partial charge in [0.25, 0.3) is 0 Å². The fraction of sp³-hybridized carbons (Fsp3) is 0.500. The topological polar surface area (TPSA) is 162 Å². The third kappa shape index (κ3) is 15.5. The van der Waals surface area contributed by atoms with E-state index in [1.165, 1.54) is 0 Å². The zero-order chi connectivity index (χ0) is 50.9. The first-order chi connectivity index (χ1) is 33.7. The lowest BCUT2D eigenvalue weighted by molar-refractivity contribution is -0.0366. The lowest BCUT2D eigenvalue weighted by atomic mass is 9.92. The molecule has 0 bridgehead atoms. The van der Waals surface area contributed by atoms with Gasteiger partial charge in [0.2, 0.25) is 17.8 Å². The number of aromatic nitrogens is 9. The molecule has 3 aliphatic rings. The van der Waals surface area contributed by atoms with Gasteiger partial charge in [-0.25, -0.2) is 60.2 Å². The predicted molar refractivity (Wildman–Crippen MR) is 262 cm³/mol. The Labute approximate surface area is 410 Å². The van der Waals surface area contributed by atoms with Crippen molar-refractivity contribution < 1.29 is 26.3 Å². The van der Waals surface area contributed by atoms with Gasteiger partial charge in [0.1, 0.15) is 23.3 Å². The molecule has 3 fully saturated rings. The van der Waals surface area contributed by atoms with Gasteiger partial charge < -0.3 is 26.6 Å². The molecule has 6 aromatic heterocycles. The van der Waals surface area contributed by atoms with E-state index in [1.54, 1.807) is 32.4 Å². The average molecular weight is 988 g/mol. The summed E-state index contributed by atoms with van der Waals surface area (Å²) in [5.41, 5.74) is 10.9. The number of halogens is 6. The fourth-order valence-corrected chi connectivity index (χ4v) is 8.67. The summed E-state index contributed by atoms with van der Waals surface area (Å²) < 4.78 is 84.7. The number of rotatable bonds is 12. The smallest absolute Gasteiger partial charge is 0.248 e. The van der Waals surface area contributed by atoms with Crippen LogP contribution in [0.1, 0.15) is 105 Å². The Kier molecular flexibility index (Phi) is 16.7. The molecule has 21 heteroatoms. The molecular weight excluding hydrogens is 925 g/mol. The van der Waals surface area contributed by atoms with Gasteiger partial charge in [-0.3, -0.25) is 0 Å². The van der Waals surface area contributed by atoms with Crippen molar-refractivity contribution in [3.8, 4) is 17.5 Å². The van der Waals surface area contributed by atoms with Crippen LogP contribution in [0.3, 0.4) is 0 Å². The number of nitrogens with two attached hydrogens (primary N) is 1. The van der Waals surface area contributed by atoms with Crippen LogP contribution in [0.25, 0.3) is 22.3 Å². The summed E-state index contributed by atoms with van der Waals surface area (Å²) in [4.78, 5) is 19.2. The van der Waals surface area contributed by atoms with Crippen molar-refractivity contribution in [3.05, 3.63) is 113 Å². The number of anilines is 3. The van der Waals surface area contributed by atoms with Gasteiger partial charge in [-0.1, -0.05) is 0 Å². The van der Waals surface area contributed by atoms with Crippen LogP contribution in [0.5, 0.6) is 0 Å². The Bertz CT molecular complexity index is 2710. The highest BCUT2D eigenvalue weighted by Gasteiger charge is 2.37. The molecule has 0 unspecified atom stereocenters. The van der Waals surface area contributed by atoms with Crippen LogP contribution in [0, 0.1) is 27.3 Å². The van der Waals surface area contributed by atoms with E-state index >= 15 is 0 Å². The van der Waals surface area contributed by atoms with E-state index in [4.69, 9.17) is 12.3 Å². The summed E-state index contributed by atoms with van der Waals surface area (Å²) in [6, 6.07) is 16.7. The molecule has 0 spiro atoms. The molecule has 3 aliphatic carbocycles. The molecule has 5 N–H and O–H groups in total. The maximum Gasteiger partial charge on any atom is 0.248 e. The molecule has 0 amide bonds. The van der Waals surface area contributed by atoms with E-state index in [1.807, 2.05) is 89.7 Å². The second-order valence-corrected chi connectivity index (χ2v) is 19.1. The molecule has 9 rings (SSSR count). The lowest BCUT2D eigenvalue weighted by Gasteiger charge is -2.29. The highest BCUT2D eigenvalue weighted by molar-refractivity contribution is 5.58. The summed E-state index contributed by atoms with van der Waals surface area (Å²) >= 11 is 0. The van der Waals surface area contributed by atoms with Gasteiger partial charge in [-0.05, 0) is 139 Å². The summed E-state index contributed by atoms with van der Waals surface area (Å²) in [5, 5.41) is 22.9. The first-order valence-electron chi connectivity index (χ1n) is 24.0. The molecule has 0 radical (unpaired) electrons. The molecular formula is C50H63F6N15. The van der Waals surface area contributed by atoms with E-state index in [-0.39, 0.29) is 56.7 Å². The summed E-state index contributed by atoms with van der Waals surface area (Å²) in [6.45, 7) is 14.1. The maximum absolute atomic E-state index is 13.4. The second-order valence-electron chi connectivity index (χ2n) is 19.1. The number of pyridine rings is 3. The molecule has 0 atom stereocenters. The van der Waals surface area contributed by atoms with Crippen molar-refractivity contribution in [2.75, 3.05) is 30.0 Å². The van der Waals surface area contributed by atoms with Crippen molar-refractivity contribution >= 4 is 23.1 Å². The molecule has 380 valence electrons. The number of alkyl halides is 6. The number of hydrogen-bond acceptors (Lipinski definition) is 11. The number of nitrogens with one attached hydrogen (secondary N) is 3. The quantitative estimate of drug-likeness (QED) is 0.0682. The van der Waals surface area contributed by atoms with Gasteiger partial charge in [0.15, 0.2) is 17.3 Å². The second kappa shape index (κ2) is 22.7. The number of aryl methyl sites for hydroxylation is 3. The SMILES string of the molecule is Cc1ccn(-c2cc(CN(C)C)cc(NC3CCC(F)(F)CC3)n2)n1.Cc1ccn(-c2cc(CN)cc(NC3CCC(F)(F)CC3)n2)n1.[C-]#[N+]c1cc(NC2CCC(F)(F)CC2)nc(-n2ccc(C)n2)c1. The number of nitrogens with zero attached hydrogens (tertiary/aromatic N) is 11. The largest absolute Gasteiger partial charge is 0.368 e. The molecule has 0 aliphatic heterocycles. The minimum absolute atomic E-state index is 0.0161. The van der Waals surface area contributed by atoms with E-state index in [0.29, 0.717) is 74.0 Å². The van der Waals surface area contributed by atoms with Crippen LogP contribution < -0.4 is 21.7 Å². The van der Waals surface area contributed by atoms with Crippen LogP contribution in [-0.4, -0.2) is 99.2 Å². The van der Waals surface area contributed by atoms with E-state index in [0.717, 1.165) is 46.4 Å². The Morgan fingerprint density at radius 2 is 0.901 bits per heavy atom. The molecule has 0 saturated heterocycles. The Morgan fingerprint density at radius 1 is 0.563 bits per heavy atom. The monoisotopic (exact) mass is 988 g/mol. The van der Waals surface area contributed by atoms with Gasteiger partial charge in [0, 0.05) is 88.3 Å². The minimum atomic E-state index is -2.55. The van der Waals surface area contributed by atoms with Crippen molar-refractivity contribution in [2.24, 2.45) is 5.73 Å². The molecule has 15 nitrogen and oxygen atoms in total. The minimum Gasteiger partial charge on any atom is -0.368 e. The van der Waals surface area contributed by atoms with E-state index < -0.39 is 17.8 Å². The zero-order valence-corrected chi connectivity index (χ0v) is 40.8. The van der Waals surface area contributed by atoms with Crippen molar-refractivity contribution in [3.63, 3.8) is 0 Å². The van der Waals surface area contributed by atoms with Gasteiger partial charge >= 0.3 is 0 Å². The number of hydrogen-bond donors (Lipinski definition) is 4. The lowest BCUT2D eigenvalue weighted by Crippen LogP contribution is -2.32. The van der Waals surface area contributed by atoms with E-state index in [2.05, 4.69) is 55.9 Å². The van der Waals surface area contributed by atoms with Crippen LogP contribution in [0.15, 0.2) is 73.2 Å². The molecule has 3 saturated carbocycles. The first-order valence-corrected chi connectivity index (χ1v) is 24.0. The third-order valence-corrected chi connectivity index (χ3v) is 12.5. The van der Waals surface area contributed by atoms with Gasteiger partial charge in [-0.15, -0.1) is 0 Å². The van der Waals surface area contributed by atoms with E-state index in [9.17, 15) is 26.3 Å². The van der Waals surface area contributed by atoms with Gasteiger partial charge in [0.05, 0.1) is 23.7 Å². The highest BCUT2D eigenvalue weighted by atomic mass is 19.3. The maximum atomic E-state index is 13.4. The van der Waals surface area contributed by atoms with Crippen LogP contribution >= 0.6 is 0 Å². The average Bonchev–Trinajstić information content (AvgIpc) is 4.09. The third-order valence-electron chi connectivity index (χ3n) is 12.5. The van der Waals surface area contributed by atoms with Crippen LogP contribution in [0.4, 0.5) is 49.5 Å². The first kappa shape index (κ1) is 52.3. The fourth-order valence-electron chi connectivity index (χ4n) is 8.67. The predicted octanol–water partition coefficient (Wildman–Crippen LogP) is 10.8. The zero-order valence-electron chi connectivity index (χ0n) is 40.8. The Balaban J connectivity index is 0.000000157. The molecule has 71 heavy (non-hydrogen) atoms. The highest BCUT2D eigenvalue weighted by Crippen LogP contribution is 2.37. The van der Waals surface area contributed by atoms with Crippen molar-refractivity contribution in [1.29, 1.82) is 0 Å².